The SMILES string of the molecule is CN(C/C=C/C#CC(C)(C)C)Cc1cccc(/C=C/c2ccccn2)c1. The molecule has 0 fully saturated rings. The Bertz CT molecular complexity index is 799. The minimum absolute atomic E-state index is 0.0550. The average Bonchev–Trinajstić information content (AvgIpc) is 2.60. The Morgan fingerprint density at radius 3 is 2.65 bits per heavy atom. The van der Waals surface area contributed by atoms with E-state index in [1.165, 1.54) is 11.1 Å². The molecular weight excluding hydrogens is 316 g/mol. The number of hydrogen-bond donors (Lipinski definition) is 0. The number of rotatable bonds is 6. The lowest BCUT2D eigenvalue weighted by Crippen LogP contribution is -2.17. The van der Waals surface area contributed by atoms with E-state index in [-0.39, 0.29) is 5.41 Å². The fourth-order valence-corrected chi connectivity index (χ4v) is 2.38. The van der Waals surface area contributed by atoms with Crippen molar-refractivity contribution in [3.8, 4) is 11.8 Å². The predicted molar refractivity (Wildman–Crippen MR) is 112 cm³/mol. The first-order chi connectivity index (χ1) is 12.4. The second-order valence-corrected chi connectivity index (χ2v) is 7.45. The van der Waals surface area contributed by atoms with Crippen LogP contribution in [0.25, 0.3) is 12.2 Å². The summed E-state index contributed by atoms with van der Waals surface area (Å²) in [5, 5.41) is 0. The maximum Gasteiger partial charge on any atom is 0.0629 e. The fourth-order valence-electron chi connectivity index (χ4n) is 2.38. The monoisotopic (exact) mass is 344 g/mol. The van der Waals surface area contributed by atoms with E-state index >= 15 is 0 Å². The van der Waals surface area contributed by atoms with E-state index in [9.17, 15) is 0 Å². The van der Waals surface area contributed by atoms with Gasteiger partial charge in [0.05, 0.1) is 5.69 Å². The van der Waals surface area contributed by atoms with Gasteiger partial charge < -0.3 is 0 Å². The van der Waals surface area contributed by atoms with E-state index in [1.54, 1.807) is 0 Å². The van der Waals surface area contributed by atoms with E-state index in [2.05, 4.69) is 86.0 Å². The van der Waals surface area contributed by atoms with Crippen LogP contribution in [-0.2, 0) is 6.54 Å². The third-order valence-corrected chi connectivity index (χ3v) is 3.60. The Morgan fingerprint density at radius 2 is 1.92 bits per heavy atom. The second kappa shape index (κ2) is 9.75. The molecule has 0 saturated heterocycles. The zero-order valence-electron chi connectivity index (χ0n) is 16.2. The summed E-state index contributed by atoms with van der Waals surface area (Å²) in [7, 11) is 2.12. The standard InChI is InChI=1S/C24H28N2/c1-24(2,3)16-7-5-9-18-26(4)20-22-12-10-11-21(19-22)14-15-23-13-6-8-17-25-23/h5-6,8-15,17,19H,18,20H2,1-4H3/b9-5+,15-14+. The number of allylic oxidation sites excluding steroid dienone is 1. The van der Waals surface area contributed by atoms with Crippen molar-refractivity contribution in [1.29, 1.82) is 0 Å². The average molecular weight is 345 g/mol. The first kappa shape index (κ1) is 19.7. The Labute approximate surface area is 158 Å². The summed E-state index contributed by atoms with van der Waals surface area (Å²) < 4.78 is 0. The predicted octanol–water partition coefficient (Wildman–Crippen LogP) is 5.29. The molecule has 2 aromatic rings. The molecule has 0 N–H and O–H groups in total. The Hall–Kier alpha value is -2.63. The van der Waals surface area contributed by atoms with Gasteiger partial charge in [-0.15, -0.1) is 0 Å². The van der Waals surface area contributed by atoms with Crippen molar-refractivity contribution < 1.29 is 0 Å². The quantitative estimate of drug-likeness (QED) is 0.662. The van der Waals surface area contributed by atoms with Crippen LogP contribution in [0.2, 0.25) is 0 Å². The third-order valence-electron chi connectivity index (χ3n) is 3.60. The van der Waals surface area contributed by atoms with Gasteiger partial charge >= 0.3 is 0 Å². The van der Waals surface area contributed by atoms with Gasteiger partial charge in [0.2, 0.25) is 0 Å². The molecule has 2 heteroatoms. The topological polar surface area (TPSA) is 16.1 Å². The van der Waals surface area contributed by atoms with Crippen molar-refractivity contribution in [3.05, 3.63) is 77.6 Å². The molecule has 0 aliphatic rings. The molecule has 0 saturated carbocycles. The summed E-state index contributed by atoms with van der Waals surface area (Å²) in [5.74, 6) is 6.33. The molecule has 26 heavy (non-hydrogen) atoms. The Morgan fingerprint density at radius 1 is 1.08 bits per heavy atom. The molecule has 0 bridgehead atoms. The van der Waals surface area contributed by atoms with Crippen molar-refractivity contribution in [2.75, 3.05) is 13.6 Å². The lowest BCUT2D eigenvalue weighted by atomic mass is 9.98. The maximum atomic E-state index is 4.31. The third kappa shape index (κ3) is 7.96. The van der Waals surface area contributed by atoms with Crippen LogP contribution in [0.5, 0.6) is 0 Å². The van der Waals surface area contributed by atoms with Crippen LogP contribution >= 0.6 is 0 Å². The summed E-state index contributed by atoms with van der Waals surface area (Å²) in [6, 6.07) is 14.5. The first-order valence-corrected chi connectivity index (χ1v) is 8.97. The zero-order chi connectivity index (χ0) is 18.8. The van der Waals surface area contributed by atoms with Gasteiger partial charge in [-0.25, -0.2) is 0 Å². The fraction of sp³-hybridized carbons (Fsp3) is 0.292. The summed E-state index contributed by atoms with van der Waals surface area (Å²) in [6.45, 7) is 8.15. The van der Waals surface area contributed by atoms with E-state index in [1.807, 2.05) is 36.5 Å². The van der Waals surface area contributed by atoms with Gasteiger partial charge in [-0.2, -0.15) is 0 Å². The molecule has 0 radical (unpaired) electrons. The van der Waals surface area contributed by atoms with Gasteiger partial charge in [-0.05, 0) is 63.2 Å². The number of likely N-dealkylation sites (N-methyl/N-ethyl adjacent to an activating group) is 1. The zero-order valence-corrected chi connectivity index (χ0v) is 16.2. The van der Waals surface area contributed by atoms with Crippen LogP contribution in [0.3, 0.4) is 0 Å². The van der Waals surface area contributed by atoms with Gasteiger partial charge in [0.15, 0.2) is 0 Å². The smallest absolute Gasteiger partial charge is 0.0629 e. The summed E-state index contributed by atoms with van der Waals surface area (Å²) in [6.07, 6.45) is 10.0. The van der Waals surface area contributed by atoms with Crippen molar-refractivity contribution >= 4 is 12.2 Å². The molecule has 0 spiro atoms. The van der Waals surface area contributed by atoms with Crippen molar-refractivity contribution in [1.82, 2.24) is 9.88 Å². The highest BCUT2D eigenvalue weighted by Crippen LogP contribution is 2.11. The maximum absolute atomic E-state index is 4.31. The highest BCUT2D eigenvalue weighted by atomic mass is 15.1. The van der Waals surface area contributed by atoms with Crippen LogP contribution in [0.4, 0.5) is 0 Å². The van der Waals surface area contributed by atoms with Gasteiger partial charge in [-0.3, -0.25) is 9.88 Å². The Balaban J connectivity index is 1.90. The number of pyridine rings is 1. The van der Waals surface area contributed by atoms with Gasteiger partial charge in [-0.1, -0.05) is 54.3 Å². The molecule has 1 heterocycles. The van der Waals surface area contributed by atoms with Crippen molar-refractivity contribution in [3.63, 3.8) is 0 Å². The van der Waals surface area contributed by atoms with Crippen LogP contribution in [0.15, 0.2) is 60.8 Å². The van der Waals surface area contributed by atoms with Crippen LogP contribution < -0.4 is 0 Å². The molecule has 0 unspecified atom stereocenters. The highest BCUT2D eigenvalue weighted by Gasteiger charge is 2.02. The molecule has 1 aromatic carbocycles. The summed E-state index contributed by atoms with van der Waals surface area (Å²) in [4.78, 5) is 6.59. The van der Waals surface area contributed by atoms with Crippen LogP contribution in [-0.4, -0.2) is 23.5 Å². The summed E-state index contributed by atoms with van der Waals surface area (Å²) in [5.41, 5.74) is 3.51. The lowest BCUT2D eigenvalue weighted by Gasteiger charge is -2.14. The molecule has 1 aromatic heterocycles. The van der Waals surface area contributed by atoms with Crippen molar-refractivity contribution in [2.45, 2.75) is 27.3 Å². The molecule has 0 amide bonds. The van der Waals surface area contributed by atoms with Gasteiger partial charge in [0.1, 0.15) is 0 Å². The molecular formula is C24H28N2. The first-order valence-electron chi connectivity index (χ1n) is 8.97. The number of nitrogens with zero attached hydrogens (tertiary/aromatic N) is 2. The molecule has 0 aliphatic heterocycles. The molecule has 2 rings (SSSR count). The number of aromatic nitrogens is 1. The minimum atomic E-state index is 0.0550. The largest absolute Gasteiger partial charge is 0.298 e. The van der Waals surface area contributed by atoms with E-state index in [0.29, 0.717) is 0 Å². The van der Waals surface area contributed by atoms with E-state index in [4.69, 9.17) is 0 Å². The molecule has 2 nitrogen and oxygen atoms in total. The molecule has 0 atom stereocenters. The van der Waals surface area contributed by atoms with Crippen LogP contribution in [0, 0.1) is 17.3 Å². The van der Waals surface area contributed by atoms with Crippen LogP contribution in [0.1, 0.15) is 37.6 Å². The second-order valence-electron chi connectivity index (χ2n) is 7.45. The van der Waals surface area contributed by atoms with E-state index in [0.717, 1.165) is 18.8 Å². The van der Waals surface area contributed by atoms with Crippen molar-refractivity contribution in [2.24, 2.45) is 5.41 Å². The number of benzene rings is 1. The molecule has 0 aliphatic carbocycles. The lowest BCUT2D eigenvalue weighted by molar-refractivity contribution is 0.363. The minimum Gasteiger partial charge on any atom is -0.298 e. The molecule has 134 valence electrons. The highest BCUT2D eigenvalue weighted by molar-refractivity contribution is 5.68. The van der Waals surface area contributed by atoms with Gasteiger partial charge in [0.25, 0.3) is 0 Å². The number of hydrogen-bond acceptors (Lipinski definition) is 2. The summed E-state index contributed by atoms with van der Waals surface area (Å²) >= 11 is 0. The van der Waals surface area contributed by atoms with E-state index < -0.39 is 0 Å². The van der Waals surface area contributed by atoms with Gasteiger partial charge in [0, 0.05) is 24.7 Å². The normalized spacial score (nSPS) is 11.9. The Kier molecular flexibility index (Phi) is 7.38.